The third-order valence-electron chi connectivity index (χ3n) is 1.87. The van der Waals surface area contributed by atoms with E-state index in [0.717, 1.165) is 0 Å². The summed E-state index contributed by atoms with van der Waals surface area (Å²) in [6.07, 6.45) is 2.88. The van der Waals surface area contributed by atoms with Gasteiger partial charge in [0.2, 0.25) is 11.6 Å². The molecule has 0 aliphatic carbocycles. The van der Waals surface area contributed by atoms with Gasteiger partial charge in [0.1, 0.15) is 12.0 Å². The summed E-state index contributed by atoms with van der Waals surface area (Å²) in [6, 6.07) is 3.16. The zero-order chi connectivity index (χ0) is 10.8. The minimum Gasteiger partial charge on any atom is -0.314 e. The summed E-state index contributed by atoms with van der Waals surface area (Å²) < 4.78 is 1.54. The van der Waals surface area contributed by atoms with Gasteiger partial charge in [-0.2, -0.15) is 0 Å². The Bertz CT molecular complexity index is 491. The molecular formula is C9H7ClN4O. The number of halogens is 1. The largest absolute Gasteiger partial charge is 0.314 e. The van der Waals surface area contributed by atoms with Crippen LogP contribution in [0, 0.1) is 0 Å². The second-order valence-corrected chi connectivity index (χ2v) is 3.39. The molecule has 0 fully saturated rings. The first-order chi connectivity index (χ1) is 7.18. The van der Waals surface area contributed by atoms with Crippen LogP contribution in [0.5, 0.6) is 0 Å². The summed E-state index contributed by atoms with van der Waals surface area (Å²) in [5.74, 6) is -0.0171. The maximum absolute atomic E-state index is 11.8. The number of carbonyl (C=O) groups is 1. The first-order valence-electron chi connectivity index (χ1n) is 4.19. The predicted octanol–water partition coefficient (Wildman–Crippen LogP) is 1.09. The number of rotatable bonds is 2. The average molecular weight is 223 g/mol. The highest BCUT2D eigenvalue weighted by Gasteiger charge is 2.15. The van der Waals surface area contributed by atoms with E-state index in [-0.39, 0.29) is 11.6 Å². The maximum atomic E-state index is 11.8. The first-order valence-corrected chi connectivity index (χ1v) is 4.56. The SMILES string of the molecule is Cn1cnnc1C(=O)c1ccc(Cl)cn1. The van der Waals surface area contributed by atoms with Gasteiger partial charge in [-0.05, 0) is 12.1 Å². The standard InChI is InChI=1S/C9H7ClN4O/c1-14-5-12-13-9(14)8(15)7-3-2-6(10)4-11-7/h2-5H,1H3. The minimum atomic E-state index is -0.272. The lowest BCUT2D eigenvalue weighted by Crippen LogP contribution is -2.10. The topological polar surface area (TPSA) is 60.7 Å². The predicted molar refractivity (Wildman–Crippen MR) is 53.7 cm³/mol. The fourth-order valence-electron chi connectivity index (χ4n) is 1.11. The molecule has 0 amide bonds. The van der Waals surface area contributed by atoms with Crippen molar-refractivity contribution in [3.05, 3.63) is 41.2 Å². The van der Waals surface area contributed by atoms with Crippen LogP contribution in [0.1, 0.15) is 16.3 Å². The zero-order valence-corrected chi connectivity index (χ0v) is 8.64. The molecule has 0 unspecified atom stereocenters. The van der Waals surface area contributed by atoms with Gasteiger partial charge < -0.3 is 4.57 Å². The van der Waals surface area contributed by atoms with E-state index >= 15 is 0 Å². The highest BCUT2D eigenvalue weighted by Crippen LogP contribution is 2.09. The van der Waals surface area contributed by atoms with E-state index in [2.05, 4.69) is 15.2 Å². The molecule has 0 radical (unpaired) electrons. The van der Waals surface area contributed by atoms with Crippen molar-refractivity contribution in [3.63, 3.8) is 0 Å². The molecule has 0 aromatic carbocycles. The number of nitrogens with zero attached hydrogens (tertiary/aromatic N) is 4. The van der Waals surface area contributed by atoms with Crippen LogP contribution in [0.2, 0.25) is 5.02 Å². The van der Waals surface area contributed by atoms with Crippen LogP contribution >= 0.6 is 11.6 Å². The Morgan fingerprint density at radius 3 is 2.80 bits per heavy atom. The third-order valence-corrected chi connectivity index (χ3v) is 2.10. The van der Waals surface area contributed by atoms with Gasteiger partial charge in [0.25, 0.3) is 0 Å². The van der Waals surface area contributed by atoms with Gasteiger partial charge in [-0.3, -0.25) is 9.78 Å². The molecule has 5 nitrogen and oxygen atoms in total. The molecule has 2 rings (SSSR count). The van der Waals surface area contributed by atoms with E-state index in [1.54, 1.807) is 23.7 Å². The Kier molecular flexibility index (Phi) is 2.47. The van der Waals surface area contributed by atoms with E-state index in [0.29, 0.717) is 10.7 Å². The lowest BCUT2D eigenvalue weighted by Gasteiger charge is -1.98. The molecule has 0 bridgehead atoms. The van der Waals surface area contributed by atoms with Crippen molar-refractivity contribution in [1.29, 1.82) is 0 Å². The van der Waals surface area contributed by atoms with Crippen LogP contribution in [-0.2, 0) is 7.05 Å². The fourth-order valence-corrected chi connectivity index (χ4v) is 1.23. The third kappa shape index (κ3) is 1.87. The average Bonchev–Trinajstić information content (AvgIpc) is 2.65. The Hall–Kier alpha value is -1.75. The van der Waals surface area contributed by atoms with E-state index in [1.807, 2.05) is 0 Å². The molecule has 15 heavy (non-hydrogen) atoms. The molecule has 0 aliphatic heterocycles. The van der Waals surface area contributed by atoms with Crippen LogP contribution in [0.15, 0.2) is 24.7 Å². The molecule has 0 saturated heterocycles. The zero-order valence-electron chi connectivity index (χ0n) is 7.88. The normalized spacial score (nSPS) is 10.3. The molecule has 76 valence electrons. The van der Waals surface area contributed by atoms with Crippen molar-refractivity contribution < 1.29 is 4.79 Å². The van der Waals surface area contributed by atoms with E-state index < -0.39 is 0 Å². The summed E-state index contributed by atoms with van der Waals surface area (Å²) in [4.78, 5) is 15.7. The quantitative estimate of drug-likeness (QED) is 0.714. The highest BCUT2D eigenvalue weighted by atomic mass is 35.5. The summed E-state index contributed by atoms with van der Waals surface area (Å²) in [7, 11) is 1.70. The summed E-state index contributed by atoms with van der Waals surface area (Å²) in [5, 5.41) is 7.82. The number of hydrogen-bond donors (Lipinski definition) is 0. The van der Waals surface area contributed by atoms with Crippen LogP contribution in [-0.4, -0.2) is 25.5 Å². The Balaban J connectivity index is 2.37. The Labute approximate surface area is 90.7 Å². The molecule has 2 aromatic rings. The van der Waals surface area contributed by atoms with Gasteiger partial charge in [0.15, 0.2) is 0 Å². The lowest BCUT2D eigenvalue weighted by molar-refractivity contribution is 0.102. The summed E-state index contributed by atoms with van der Waals surface area (Å²) >= 11 is 5.67. The van der Waals surface area contributed by atoms with E-state index in [4.69, 9.17) is 11.6 Å². The van der Waals surface area contributed by atoms with E-state index in [9.17, 15) is 4.79 Å². The van der Waals surface area contributed by atoms with Crippen LogP contribution in [0.4, 0.5) is 0 Å². The molecule has 2 aromatic heterocycles. The number of carbonyl (C=O) groups excluding carboxylic acids is 1. The second-order valence-electron chi connectivity index (χ2n) is 2.96. The van der Waals surface area contributed by atoms with Crippen molar-refractivity contribution in [1.82, 2.24) is 19.7 Å². The fraction of sp³-hybridized carbons (Fsp3) is 0.111. The number of hydrogen-bond acceptors (Lipinski definition) is 4. The van der Waals surface area contributed by atoms with Crippen LogP contribution in [0.3, 0.4) is 0 Å². The molecule has 0 spiro atoms. The van der Waals surface area contributed by atoms with Gasteiger partial charge >= 0.3 is 0 Å². The van der Waals surface area contributed by atoms with Crippen molar-refractivity contribution in [2.75, 3.05) is 0 Å². The van der Waals surface area contributed by atoms with Crippen molar-refractivity contribution in [3.8, 4) is 0 Å². The highest BCUT2D eigenvalue weighted by molar-refractivity contribution is 6.30. The second kappa shape index (κ2) is 3.78. The minimum absolute atomic E-state index is 0.254. The number of pyridine rings is 1. The molecule has 6 heteroatoms. The van der Waals surface area contributed by atoms with Crippen LogP contribution < -0.4 is 0 Å². The van der Waals surface area contributed by atoms with Crippen molar-refractivity contribution in [2.45, 2.75) is 0 Å². The number of aryl methyl sites for hydroxylation is 1. The lowest BCUT2D eigenvalue weighted by atomic mass is 10.2. The summed E-state index contributed by atoms with van der Waals surface area (Å²) in [6.45, 7) is 0. The Morgan fingerprint density at radius 1 is 1.47 bits per heavy atom. The molecule has 0 N–H and O–H groups in total. The number of ketones is 1. The van der Waals surface area contributed by atoms with Crippen molar-refractivity contribution in [2.24, 2.45) is 7.05 Å². The van der Waals surface area contributed by atoms with Crippen molar-refractivity contribution >= 4 is 17.4 Å². The molecule has 0 aliphatic rings. The van der Waals surface area contributed by atoms with E-state index in [1.165, 1.54) is 12.5 Å². The monoisotopic (exact) mass is 222 g/mol. The van der Waals surface area contributed by atoms with Gasteiger partial charge in [0, 0.05) is 13.2 Å². The first kappa shape index (κ1) is 9.79. The smallest absolute Gasteiger partial charge is 0.248 e. The van der Waals surface area contributed by atoms with Gasteiger partial charge in [-0.1, -0.05) is 11.6 Å². The number of aromatic nitrogens is 4. The van der Waals surface area contributed by atoms with Gasteiger partial charge in [0.05, 0.1) is 5.02 Å². The Morgan fingerprint density at radius 2 is 2.27 bits per heavy atom. The van der Waals surface area contributed by atoms with Gasteiger partial charge in [-0.25, -0.2) is 0 Å². The molecular weight excluding hydrogens is 216 g/mol. The molecule has 0 atom stereocenters. The summed E-state index contributed by atoms with van der Waals surface area (Å²) in [5.41, 5.74) is 0.301. The van der Waals surface area contributed by atoms with Gasteiger partial charge in [-0.15, -0.1) is 10.2 Å². The molecule has 0 saturated carbocycles. The van der Waals surface area contributed by atoms with Crippen LogP contribution in [0.25, 0.3) is 0 Å². The maximum Gasteiger partial charge on any atom is 0.248 e. The molecule has 2 heterocycles.